The van der Waals surface area contributed by atoms with E-state index in [1.165, 1.54) is 25.7 Å². The first-order valence-electron chi connectivity index (χ1n) is 10.1. The van der Waals surface area contributed by atoms with Crippen molar-refractivity contribution in [3.63, 3.8) is 0 Å². The highest BCUT2D eigenvalue weighted by molar-refractivity contribution is 7.22. The molecule has 1 saturated heterocycles. The third kappa shape index (κ3) is 5.41. The van der Waals surface area contributed by atoms with Crippen LogP contribution in [-0.2, 0) is 0 Å². The number of ether oxygens (including phenoxy) is 1. The fourth-order valence-electron chi connectivity index (χ4n) is 3.89. The highest BCUT2D eigenvalue weighted by Gasteiger charge is 2.18. The summed E-state index contributed by atoms with van der Waals surface area (Å²) >= 11 is 1.72. The predicted octanol–water partition coefficient (Wildman–Crippen LogP) is 4.97. The summed E-state index contributed by atoms with van der Waals surface area (Å²) in [7, 11) is 0. The topological polar surface area (TPSA) is 63.3 Å². The minimum absolute atomic E-state index is 0.349. The molecule has 0 radical (unpaired) electrons. The number of hydrogen-bond donors (Lipinski definition) is 1. The Morgan fingerprint density at radius 3 is 2.67 bits per heavy atom. The van der Waals surface area contributed by atoms with Gasteiger partial charge in [-0.2, -0.15) is 5.53 Å². The van der Waals surface area contributed by atoms with Gasteiger partial charge in [0.05, 0.1) is 16.8 Å². The van der Waals surface area contributed by atoms with Gasteiger partial charge in [0.1, 0.15) is 0 Å². The van der Waals surface area contributed by atoms with Gasteiger partial charge in [-0.05, 0) is 54.6 Å². The van der Waals surface area contributed by atoms with Crippen LogP contribution in [0.4, 0.5) is 10.8 Å². The third-order valence-electron chi connectivity index (χ3n) is 5.05. The average molecular weight is 390 g/mol. The largest absolute Gasteiger partial charge is 0.491 e. The van der Waals surface area contributed by atoms with Gasteiger partial charge in [0, 0.05) is 19.2 Å². The minimum Gasteiger partial charge on any atom is -0.491 e. The van der Waals surface area contributed by atoms with Crippen LogP contribution in [0.3, 0.4) is 0 Å². The predicted molar refractivity (Wildman–Crippen MR) is 113 cm³/mol. The number of benzene rings is 1. The summed E-state index contributed by atoms with van der Waals surface area (Å²) < 4.78 is 7.17. The molecule has 1 aliphatic rings. The van der Waals surface area contributed by atoms with Gasteiger partial charge in [0.15, 0.2) is 16.6 Å². The molecule has 1 unspecified atom stereocenters. The van der Waals surface area contributed by atoms with Crippen LogP contribution in [0.1, 0.15) is 59.8 Å². The van der Waals surface area contributed by atoms with E-state index in [-0.39, 0.29) is 0 Å². The monoisotopic (exact) mass is 389 g/mol. The lowest BCUT2D eigenvalue weighted by atomic mass is 9.84. The molecule has 27 heavy (non-hydrogen) atoms. The molecule has 2 aromatic rings. The lowest BCUT2D eigenvalue weighted by Gasteiger charge is -2.25. The van der Waals surface area contributed by atoms with E-state index in [2.05, 4.69) is 37.7 Å². The molecule has 0 amide bonds. The zero-order valence-electron chi connectivity index (χ0n) is 17.1. The molecule has 0 saturated carbocycles. The minimum atomic E-state index is 0.349. The van der Waals surface area contributed by atoms with Crippen LogP contribution in [0.15, 0.2) is 17.2 Å². The van der Waals surface area contributed by atoms with Crippen molar-refractivity contribution in [1.29, 1.82) is 0 Å². The molecule has 2 heterocycles. The first-order chi connectivity index (χ1) is 12.9. The van der Waals surface area contributed by atoms with Crippen LogP contribution in [0, 0.1) is 11.3 Å². The van der Waals surface area contributed by atoms with Gasteiger partial charge < -0.3 is 9.64 Å². The van der Waals surface area contributed by atoms with Crippen LogP contribution >= 0.6 is 11.3 Å². The molecule has 1 fully saturated rings. The highest BCUT2D eigenvalue weighted by Crippen LogP contribution is 2.38. The summed E-state index contributed by atoms with van der Waals surface area (Å²) in [4.78, 5) is 7.24. The van der Waals surface area contributed by atoms with Gasteiger partial charge in [0.25, 0.3) is 0 Å². The van der Waals surface area contributed by atoms with E-state index in [0.29, 0.717) is 23.6 Å². The number of piperidine rings is 1. The number of fused-ring (bicyclic) bond motifs is 1. The number of rotatable bonds is 7. The molecule has 0 bridgehead atoms. The SMILES string of the molecule is CC(CCOc1cc2nc(N3CCCCC3)sc2cc1N=[NH2+])CC(C)(C)C. The number of thiazole rings is 1. The fraction of sp³-hybridized carbons (Fsp3) is 0.667. The third-order valence-corrected chi connectivity index (χ3v) is 6.13. The van der Waals surface area contributed by atoms with Gasteiger partial charge >= 0.3 is 0 Å². The molecule has 6 heteroatoms. The lowest BCUT2D eigenvalue weighted by molar-refractivity contribution is -0.210. The molecule has 1 aliphatic heterocycles. The van der Waals surface area contributed by atoms with E-state index in [1.807, 2.05) is 12.1 Å². The Morgan fingerprint density at radius 2 is 2.00 bits per heavy atom. The van der Waals surface area contributed by atoms with Crippen molar-refractivity contribution in [3.8, 4) is 5.75 Å². The molecule has 1 atom stereocenters. The first kappa shape index (κ1) is 20.1. The van der Waals surface area contributed by atoms with Crippen molar-refractivity contribution >= 4 is 32.4 Å². The second-order valence-corrected chi connectivity index (χ2v) is 9.98. The number of nitrogens with zero attached hydrogens (tertiary/aromatic N) is 3. The maximum Gasteiger partial charge on any atom is 0.186 e. The summed E-state index contributed by atoms with van der Waals surface area (Å²) in [6.45, 7) is 12.0. The van der Waals surface area contributed by atoms with Crippen molar-refractivity contribution in [3.05, 3.63) is 12.1 Å². The number of nitrogens with two attached hydrogens (primary N) is 1. The van der Waals surface area contributed by atoms with Crippen LogP contribution in [-0.4, -0.2) is 24.7 Å². The maximum absolute atomic E-state index is 6.05. The van der Waals surface area contributed by atoms with E-state index in [1.54, 1.807) is 11.3 Å². The number of aromatic nitrogens is 1. The number of hydrogen-bond acceptors (Lipinski definition) is 5. The molecule has 0 aliphatic carbocycles. The van der Waals surface area contributed by atoms with E-state index in [4.69, 9.17) is 15.3 Å². The van der Waals surface area contributed by atoms with Crippen molar-refractivity contribution in [2.75, 3.05) is 24.6 Å². The van der Waals surface area contributed by atoms with Crippen LogP contribution in [0.25, 0.3) is 10.2 Å². The fourth-order valence-corrected chi connectivity index (χ4v) is 4.92. The zero-order chi connectivity index (χ0) is 19.4. The van der Waals surface area contributed by atoms with E-state index in [0.717, 1.165) is 40.6 Å². The molecule has 1 aromatic carbocycles. The normalized spacial score (nSPS) is 16.5. The van der Waals surface area contributed by atoms with Gasteiger partial charge in [-0.3, -0.25) is 0 Å². The molecule has 5 nitrogen and oxygen atoms in total. The van der Waals surface area contributed by atoms with Crippen LogP contribution in [0.2, 0.25) is 0 Å². The van der Waals surface area contributed by atoms with Gasteiger partial charge in [0.2, 0.25) is 0 Å². The molecular formula is C21H33N4OS+. The first-order valence-corrected chi connectivity index (χ1v) is 10.9. The van der Waals surface area contributed by atoms with Crippen molar-refractivity contribution in [1.82, 2.24) is 4.98 Å². The molecule has 3 rings (SSSR count). The lowest BCUT2D eigenvalue weighted by Crippen LogP contribution is -2.29. The van der Waals surface area contributed by atoms with Gasteiger partial charge in [-0.25, -0.2) is 4.98 Å². The Balaban J connectivity index is 1.70. The second kappa shape index (κ2) is 8.55. The quantitative estimate of drug-likeness (QED) is 0.680. The van der Waals surface area contributed by atoms with E-state index < -0.39 is 0 Å². The summed E-state index contributed by atoms with van der Waals surface area (Å²) in [5.74, 6) is 1.36. The summed E-state index contributed by atoms with van der Waals surface area (Å²) in [5.41, 5.74) is 7.66. The zero-order valence-corrected chi connectivity index (χ0v) is 17.9. The molecule has 0 spiro atoms. The molecule has 1 aromatic heterocycles. The van der Waals surface area contributed by atoms with Crippen molar-refractivity contribution in [2.45, 2.75) is 59.8 Å². The molecular weight excluding hydrogens is 356 g/mol. The Morgan fingerprint density at radius 1 is 1.26 bits per heavy atom. The Kier molecular flexibility index (Phi) is 6.35. The van der Waals surface area contributed by atoms with Crippen LogP contribution < -0.4 is 15.2 Å². The van der Waals surface area contributed by atoms with Crippen molar-refractivity contribution < 1.29 is 10.3 Å². The summed E-state index contributed by atoms with van der Waals surface area (Å²) in [6.07, 6.45) is 6.04. The summed E-state index contributed by atoms with van der Waals surface area (Å²) in [6, 6.07) is 4.01. The second-order valence-electron chi connectivity index (χ2n) is 8.97. The molecule has 2 N–H and O–H groups in total. The van der Waals surface area contributed by atoms with E-state index in [9.17, 15) is 0 Å². The van der Waals surface area contributed by atoms with Crippen LogP contribution in [0.5, 0.6) is 5.75 Å². The standard InChI is InChI=1S/C21H32N4OS/c1-15(14-21(2,3)4)8-11-26-18-12-17-19(13-16(18)24-22)27-20(23-17)25-9-6-5-7-10-25/h12-13,15,22H,5-11,14H2,1-4H3/p+1. The average Bonchev–Trinajstić information content (AvgIpc) is 3.03. The number of anilines is 1. The summed E-state index contributed by atoms with van der Waals surface area (Å²) in [5, 5.41) is 5.04. The van der Waals surface area contributed by atoms with Crippen molar-refractivity contribution in [2.24, 2.45) is 16.4 Å². The highest BCUT2D eigenvalue weighted by atomic mass is 32.1. The molecule has 148 valence electrons. The smallest absolute Gasteiger partial charge is 0.186 e. The Bertz CT molecular complexity index is 774. The van der Waals surface area contributed by atoms with Gasteiger partial charge in [-0.1, -0.05) is 39.0 Å². The Hall–Kier alpha value is -1.69. The van der Waals surface area contributed by atoms with Gasteiger partial charge in [-0.15, -0.1) is 0 Å². The van der Waals surface area contributed by atoms with E-state index >= 15 is 0 Å². The maximum atomic E-state index is 6.05. The Labute approximate surface area is 166 Å².